The third-order valence-corrected chi connectivity index (χ3v) is 10.2. The molecule has 6 heteroatoms. The Hall–Kier alpha value is -0.0301. The molecule has 142 valence electrons. The molecule has 8 aliphatic rings. The van der Waals surface area contributed by atoms with Crippen molar-refractivity contribution in [3.8, 4) is 0 Å². The van der Waals surface area contributed by atoms with Gasteiger partial charge in [0, 0.05) is 0 Å². The summed E-state index contributed by atoms with van der Waals surface area (Å²) in [6.45, 7) is 14.1. The van der Waals surface area contributed by atoms with E-state index in [1.54, 1.807) is 0 Å². The van der Waals surface area contributed by atoms with E-state index in [-0.39, 0.29) is 37.4 Å². The molecule has 4 bridgehead atoms. The van der Waals surface area contributed by atoms with Crippen LogP contribution < -0.4 is 0 Å². The van der Waals surface area contributed by atoms with Gasteiger partial charge in [-0.05, 0) is 74.0 Å². The van der Waals surface area contributed by atoms with E-state index < -0.39 is 0 Å². The zero-order chi connectivity index (χ0) is 18.3. The number of hydrogen-bond donors (Lipinski definition) is 0. The maximum absolute atomic E-state index is 6.60. The van der Waals surface area contributed by atoms with Gasteiger partial charge in [-0.1, -0.05) is 27.7 Å². The standard InChI is InChI=1S/C20H32B2O4/c1-17(2)11-7-13(17)19(5)15(9-11)23-21(25-19)22-24-16-10-12-8-14(18(12,3)4)20(16,6)26-22/h11-16H,7-10H2,1-6H3/t11-,12-,13-,14-,15?,16?,19+,20+/m0/s1. The summed E-state index contributed by atoms with van der Waals surface area (Å²) in [4.78, 5) is 0. The summed E-state index contributed by atoms with van der Waals surface area (Å²) >= 11 is 0. The fraction of sp³-hybridized carbons (Fsp3) is 1.00. The van der Waals surface area contributed by atoms with Gasteiger partial charge in [-0.15, -0.1) is 0 Å². The molecular weight excluding hydrogens is 326 g/mol. The van der Waals surface area contributed by atoms with E-state index in [9.17, 15) is 0 Å². The molecule has 2 unspecified atom stereocenters. The van der Waals surface area contributed by atoms with Crippen molar-refractivity contribution >= 4 is 14.0 Å². The third-order valence-electron chi connectivity index (χ3n) is 10.2. The SMILES string of the molecule is CC1(C)[C@@H]2CC3OB(B4OC5C[C@@H]6C[C@@H](C6(C)C)[C@@]5(C)O4)O[C@]3(C)[C@H]1C2. The Morgan fingerprint density at radius 3 is 1.35 bits per heavy atom. The van der Waals surface area contributed by atoms with E-state index in [1.807, 2.05) is 0 Å². The van der Waals surface area contributed by atoms with Crippen molar-refractivity contribution in [2.24, 2.45) is 34.5 Å². The quantitative estimate of drug-likeness (QED) is 0.673. The second kappa shape index (κ2) is 4.58. The fourth-order valence-corrected chi connectivity index (χ4v) is 8.03. The van der Waals surface area contributed by atoms with Crippen LogP contribution in [0.5, 0.6) is 0 Å². The summed E-state index contributed by atoms with van der Waals surface area (Å²) in [5.41, 5.74) is 0.357. The topological polar surface area (TPSA) is 36.9 Å². The van der Waals surface area contributed by atoms with Crippen LogP contribution in [0.15, 0.2) is 0 Å². The molecule has 2 heterocycles. The van der Waals surface area contributed by atoms with Crippen molar-refractivity contribution in [1.82, 2.24) is 0 Å². The molecule has 0 N–H and O–H groups in total. The van der Waals surface area contributed by atoms with Gasteiger partial charge < -0.3 is 18.6 Å². The molecule has 0 aromatic rings. The Kier molecular flexibility index (Phi) is 2.97. The molecule has 8 fully saturated rings. The van der Waals surface area contributed by atoms with Gasteiger partial charge in [-0.25, -0.2) is 0 Å². The summed E-state index contributed by atoms with van der Waals surface area (Å²) in [6.07, 6.45) is 5.17. The van der Waals surface area contributed by atoms with Crippen LogP contribution in [0, 0.1) is 34.5 Å². The average Bonchev–Trinajstić information content (AvgIpc) is 3.09. The van der Waals surface area contributed by atoms with Crippen molar-refractivity contribution in [3.05, 3.63) is 0 Å². The van der Waals surface area contributed by atoms with Gasteiger partial charge in [0.1, 0.15) is 0 Å². The molecule has 0 radical (unpaired) electrons. The highest BCUT2D eigenvalue weighted by molar-refractivity contribution is 7.11. The van der Waals surface area contributed by atoms with Crippen molar-refractivity contribution < 1.29 is 18.6 Å². The van der Waals surface area contributed by atoms with Gasteiger partial charge in [0.05, 0.1) is 23.4 Å². The Bertz CT molecular complexity index is 612. The lowest BCUT2D eigenvalue weighted by Crippen LogP contribution is -2.65. The zero-order valence-electron chi connectivity index (χ0n) is 17.1. The molecule has 4 nitrogen and oxygen atoms in total. The predicted molar refractivity (Wildman–Crippen MR) is 100 cm³/mol. The first-order valence-electron chi connectivity index (χ1n) is 10.7. The normalized spacial score (nSPS) is 57.9. The van der Waals surface area contributed by atoms with Crippen LogP contribution in [-0.4, -0.2) is 37.4 Å². The monoisotopic (exact) mass is 358 g/mol. The molecule has 6 aliphatic carbocycles. The predicted octanol–water partition coefficient (Wildman–Crippen LogP) is 3.52. The van der Waals surface area contributed by atoms with Crippen molar-refractivity contribution in [1.29, 1.82) is 0 Å². The first kappa shape index (κ1) is 16.9. The summed E-state index contributed by atoms with van der Waals surface area (Å²) in [5.74, 6) is 2.70. The van der Waals surface area contributed by atoms with Gasteiger partial charge in [-0.3, -0.25) is 0 Å². The highest BCUT2D eigenvalue weighted by atomic mass is 16.7. The maximum Gasteiger partial charge on any atom is 0.488 e. The second-order valence-electron chi connectivity index (χ2n) is 11.7. The van der Waals surface area contributed by atoms with Gasteiger partial charge >= 0.3 is 14.0 Å². The molecule has 8 rings (SSSR count). The van der Waals surface area contributed by atoms with Gasteiger partial charge in [-0.2, -0.15) is 0 Å². The highest BCUT2D eigenvalue weighted by Gasteiger charge is 2.73. The summed E-state index contributed by atoms with van der Waals surface area (Å²) in [5, 5.41) is 0. The molecule has 6 saturated carbocycles. The lowest BCUT2D eigenvalue weighted by atomic mass is 9.43. The summed E-state index contributed by atoms with van der Waals surface area (Å²) in [6, 6.07) is 0. The molecule has 2 saturated heterocycles. The van der Waals surface area contributed by atoms with E-state index in [1.165, 1.54) is 12.8 Å². The molecule has 26 heavy (non-hydrogen) atoms. The fourth-order valence-electron chi connectivity index (χ4n) is 8.03. The van der Waals surface area contributed by atoms with E-state index >= 15 is 0 Å². The van der Waals surface area contributed by atoms with Crippen LogP contribution in [0.2, 0.25) is 0 Å². The molecule has 0 spiro atoms. The first-order valence-corrected chi connectivity index (χ1v) is 10.7. The van der Waals surface area contributed by atoms with Crippen LogP contribution >= 0.6 is 0 Å². The van der Waals surface area contributed by atoms with Gasteiger partial charge in [0.25, 0.3) is 0 Å². The first-order chi connectivity index (χ1) is 12.1. The van der Waals surface area contributed by atoms with Crippen LogP contribution in [0.4, 0.5) is 0 Å². The van der Waals surface area contributed by atoms with Crippen molar-refractivity contribution in [2.75, 3.05) is 0 Å². The molecule has 2 aliphatic heterocycles. The Morgan fingerprint density at radius 1 is 0.615 bits per heavy atom. The summed E-state index contributed by atoms with van der Waals surface area (Å²) in [7, 11) is -0.745. The number of hydrogen-bond acceptors (Lipinski definition) is 4. The minimum Gasteiger partial charge on any atom is -0.407 e. The second-order valence-corrected chi connectivity index (χ2v) is 11.7. The lowest BCUT2D eigenvalue weighted by Gasteiger charge is -2.64. The van der Waals surface area contributed by atoms with Gasteiger partial charge in [0.2, 0.25) is 0 Å². The Morgan fingerprint density at radius 2 is 1.00 bits per heavy atom. The van der Waals surface area contributed by atoms with Crippen LogP contribution in [0.25, 0.3) is 0 Å². The smallest absolute Gasteiger partial charge is 0.407 e. The molecule has 0 aromatic heterocycles. The van der Waals surface area contributed by atoms with Crippen LogP contribution in [-0.2, 0) is 18.6 Å². The zero-order valence-corrected chi connectivity index (χ0v) is 17.1. The molecular formula is C20H32B2O4. The molecule has 0 amide bonds. The lowest BCUT2D eigenvalue weighted by molar-refractivity contribution is -0.200. The van der Waals surface area contributed by atoms with E-state index in [0.29, 0.717) is 22.7 Å². The third kappa shape index (κ3) is 1.71. The van der Waals surface area contributed by atoms with Crippen LogP contribution in [0.1, 0.15) is 67.2 Å². The Labute approximate surface area is 158 Å². The van der Waals surface area contributed by atoms with E-state index in [0.717, 1.165) is 24.7 Å². The minimum absolute atomic E-state index is 0.189. The van der Waals surface area contributed by atoms with Crippen molar-refractivity contribution in [3.63, 3.8) is 0 Å². The maximum atomic E-state index is 6.60. The van der Waals surface area contributed by atoms with Crippen LogP contribution in [0.3, 0.4) is 0 Å². The largest absolute Gasteiger partial charge is 0.488 e. The molecule has 8 atom stereocenters. The van der Waals surface area contributed by atoms with Crippen molar-refractivity contribution in [2.45, 2.75) is 90.6 Å². The average molecular weight is 358 g/mol. The summed E-state index contributed by atoms with van der Waals surface area (Å²) < 4.78 is 26.1. The number of rotatable bonds is 1. The Balaban J connectivity index is 1.24. The van der Waals surface area contributed by atoms with E-state index in [2.05, 4.69) is 41.5 Å². The highest BCUT2D eigenvalue weighted by Crippen LogP contribution is 2.67. The molecule has 0 aromatic carbocycles. The van der Waals surface area contributed by atoms with E-state index in [4.69, 9.17) is 18.6 Å². The van der Waals surface area contributed by atoms with Gasteiger partial charge in [0.15, 0.2) is 0 Å². The minimum atomic E-state index is -0.372.